The molecular weight excluding hydrogens is 472 g/mol. The second-order valence-corrected chi connectivity index (χ2v) is 10.3. The van der Waals surface area contributed by atoms with E-state index in [1.165, 1.54) is 71.6 Å². The monoisotopic (exact) mass is 498 g/mol. The van der Waals surface area contributed by atoms with E-state index in [4.69, 9.17) is 0 Å². The lowest BCUT2D eigenvalue weighted by molar-refractivity contribution is 1.01. The van der Waals surface area contributed by atoms with Gasteiger partial charge in [-0.05, 0) is 64.7 Å². The lowest BCUT2D eigenvalue weighted by Gasteiger charge is -2.14. The van der Waals surface area contributed by atoms with E-state index in [2.05, 4.69) is 156 Å². The molecule has 6 aromatic carbocycles. The molecule has 0 fully saturated rings. The van der Waals surface area contributed by atoms with Crippen LogP contribution < -0.4 is 0 Å². The lowest BCUT2D eigenvalue weighted by atomic mass is 9.98. The highest BCUT2D eigenvalue weighted by Crippen LogP contribution is 2.39. The largest absolute Gasteiger partial charge is 0.344 e. The summed E-state index contributed by atoms with van der Waals surface area (Å²) in [5.74, 6) is 0. The zero-order chi connectivity index (χ0) is 25.9. The molecule has 0 atom stereocenters. The first-order valence-electron chi connectivity index (χ1n) is 13.4. The molecule has 0 aliphatic rings. The molecule has 0 N–H and O–H groups in total. The molecule has 2 aromatic heterocycles. The van der Waals surface area contributed by atoms with Crippen LogP contribution in [-0.4, -0.2) is 9.13 Å². The molecule has 8 aromatic rings. The SMILES string of the molecule is Cn1c2ccccc2c2cc3c4ccccc4n(-c4cc(-c5ccccc5)cc(-c5ccccc5)c4)c3cc21. The third-order valence-corrected chi connectivity index (χ3v) is 8.10. The summed E-state index contributed by atoms with van der Waals surface area (Å²) in [4.78, 5) is 0. The van der Waals surface area contributed by atoms with E-state index < -0.39 is 0 Å². The number of hydrogen-bond acceptors (Lipinski definition) is 0. The molecule has 0 amide bonds. The van der Waals surface area contributed by atoms with Crippen LogP contribution in [0.1, 0.15) is 0 Å². The molecule has 0 spiro atoms. The summed E-state index contributed by atoms with van der Waals surface area (Å²) in [6.07, 6.45) is 0. The van der Waals surface area contributed by atoms with Crippen LogP contribution in [0.2, 0.25) is 0 Å². The van der Waals surface area contributed by atoms with Crippen molar-refractivity contribution in [3.8, 4) is 27.9 Å². The molecule has 2 heterocycles. The van der Waals surface area contributed by atoms with E-state index in [1.54, 1.807) is 0 Å². The minimum absolute atomic E-state index is 1.17. The second kappa shape index (κ2) is 8.47. The van der Waals surface area contributed by atoms with Gasteiger partial charge in [-0.15, -0.1) is 0 Å². The zero-order valence-electron chi connectivity index (χ0n) is 21.7. The maximum Gasteiger partial charge on any atom is 0.0562 e. The first-order chi connectivity index (χ1) is 19.3. The highest BCUT2D eigenvalue weighted by molar-refractivity contribution is 6.18. The first-order valence-corrected chi connectivity index (χ1v) is 13.4. The van der Waals surface area contributed by atoms with E-state index in [9.17, 15) is 0 Å². The van der Waals surface area contributed by atoms with Crippen LogP contribution in [0, 0.1) is 0 Å². The minimum atomic E-state index is 1.17. The Morgan fingerprint density at radius 1 is 0.359 bits per heavy atom. The summed E-state index contributed by atoms with van der Waals surface area (Å²) in [5.41, 5.74) is 11.0. The molecule has 184 valence electrons. The fourth-order valence-corrected chi connectivity index (χ4v) is 6.23. The van der Waals surface area contributed by atoms with Crippen molar-refractivity contribution in [3.63, 3.8) is 0 Å². The smallest absolute Gasteiger partial charge is 0.0562 e. The Balaban J connectivity index is 1.49. The van der Waals surface area contributed by atoms with Gasteiger partial charge in [0.05, 0.1) is 16.6 Å². The number of nitrogens with zero attached hydrogens (tertiary/aromatic N) is 2. The molecule has 0 bridgehead atoms. The average Bonchev–Trinajstić information content (AvgIpc) is 3.48. The van der Waals surface area contributed by atoms with E-state index in [1.807, 2.05) is 0 Å². The van der Waals surface area contributed by atoms with E-state index in [0.717, 1.165) is 0 Å². The van der Waals surface area contributed by atoms with Crippen molar-refractivity contribution in [1.82, 2.24) is 9.13 Å². The van der Waals surface area contributed by atoms with Crippen molar-refractivity contribution >= 4 is 43.6 Å². The summed E-state index contributed by atoms with van der Waals surface area (Å²) >= 11 is 0. The summed E-state index contributed by atoms with van der Waals surface area (Å²) in [6, 6.07) is 50.6. The standard InChI is InChI=1S/C37H26N2/c1-38-34-18-10-8-16-30(34)32-23-33-31-17-9-11-19-35(31)39(37(33)24-36(32)38)29-21-27(25-12-4-2-5-13-25)20-28(22-29)26-14-6-3-7-15-26/h2-24H,1H3. The number of fused-ring (bicyclic) bond motifs is 6. The molecule has 39 heavy (non-hydrogen) atoms. The number of benzene rings is 6. The van der Waals surface area contributed by atoms with Gasteiger partial charge in [0.2, 0.25) is 0 Å². The van der Waals surface area contributed by atoms with Crippen molar-refractivity contribution in [2.75, 3.05) is 0 Å². The number of rotatable bonds is 3. The zero-order valence-corrected chi connectivity index (χ0v) is 21.7. The molecule has 0 radical (unpaired) electrons. The van der Waals surface area contributed by atoms with Crippen LogP contribution in [0.3, 0.4) is 0 Å². The number of hydrogen-bond donors (Lipinski definition) is 0. The van der Waals surface area contributed by atoms with Crippen molar-refractivity contribution in [1.29, 1.82) is 0 Å². The van der Waals surface area contributed by atoms with Crippen LogP contribution in [-0.2, 0) is 7.05 Å². The average molecular weight is 499 g/mol. The first kappa shape index (κ1) is 22.0. The van der Waals surface area contributed by atoms with Crippen LogP contribution >= 0.6 is 0 Å². The van der Waals surface area contributed by atoms with Gasteiger partial charge >= 0.3 is 0 Å². The van der Waals surface area contributed by atoms with E-state index in [-0.39, 0.29) is 0 Å². The Kier molecular flexibility index (Phi) is 4.77. The quantitative estimate of drug-likeness (QED) is 0.229. The van der Waals surface area contributed by atoms with Gasteiger partial charge in [-0.1, -0.05) is 97.1 Å². The van der Waals surface area contributed by atoms with Gasteiger partial charge in [0.1, 0.15) is 0 Å². The van der Waals surface area contributed by atoms with Crippen LogP contribution in [0.15, 0.2) is 140 Å². The molecule has 0 unspecified atom stereocenters. The van der Waals surface area contributed by atoms with Gasteiger partial charge in [-0.2, -0.15) is 0 Å². The number of aromatic nitrogens is 2. The predicted octanol–water partition coefficient (Wildman–Crippen LogP) is 9.76. The molecule has 0 saturated heterocycles. The Morgan fingerprint density at radius 3 is 1.51 bits per heavy atom. The second-order valence-electron chi connectivity index (χ2n) is 10.3. The fourth-order valence-electron chi connectivity index (χ4n) is 6.23. The summed E-state index contributed by atoms with van der Waals surface area (Å²) in [7, 11) is 2.17. The third-order valence-electron chi connectivity index (χ3n) is 8.10. The lowest BCUT2D eigenvalue weighted by Crippen LogP contribution is -1.96. The Hall–Kier alpha value is -5.08. The van der Waals surface area contributed by atoms with Crippen molar-refractivity contribution in [2.45, 2.75) is 0 Å². The fraction of sp³-hybridized carbons (Fsp3) is 0.0270. The molecule has 8 rings (SSSR count). The van der Waals surface area contributed by atoms with Gasteiger partial charge in [0.15, 0.2) is 0 Å². The van der Waals surface area contributed by atoms with Crippen LogP contribution in [0.25, 0.3) is 71.6 Å². The normalized spacial score (nSPS) is 11.7. The Labute approximate surface area is 227 Å². The number of aryl methyl sites for hydroxylation is 1. The number of para-hydroxylation sites is 2. The van der Waals surface area contributed by atoms with E-state index >= 15 is 0 Å². The maximum atomic E-state index is 2.45. The molecular formula is C37H26N2. The van der Waals surface area contributed by atoms with E-state index in [0.29, 0.717) is 0 Å². The van der Waals surface area contributed by atoms with Crippen molar-refractivity contribution < 1.29 is 0 Å². The van der Waals surface area contributed by atoms with Gasteiger partial charge in [-0.25, -0.2) is 0 Å². The van der Waals surface area contributed by atoms with Gasteiger partial charge in [-0.3, -0.25) is 0 Å². The van der Waals surface area contributed by atoms with Crippen molar-refractivity contribution in [3.05, 3.63) is 140 Å². The molecule has 0 saturated carbocycles. The topological polar surface area (TPSA) is 9.86 Å². The van der Waals surface area contributed by atoms with Crippen molar-refractivity contribution in [2.24, 2.45) is 7.05 Å². The molecule has 0 aliphatic carbocycles. The maximum absolute atomic E-state index is 2.45. The minimum Gasteiger partial charge on any atom is -0.344 e. The Morgan fingerprint density at radius 2 is 0.872 bits per heavy atom. The third kappa shape index (κ3) is 3.35. The predicted molar refractivity (Wildman–Crippen MR) is 166 cm³/mol. The summed E-state index contributed by atoms with van der Waals surface area (Å²) < 4.78 is 4.77. The highest BCUT2D eigenvalue weighted by Gasteiger charge is 2.17. The van der Waals surface area contributed by atoms with Gasteiger partial charge in [0.25, 0.3) is 0 Å². The molecule has 2 heteroatoms. The highest BCUT2D eigenvalue weighted by atomic mass is 15.0. The molecule has 2 nitrogen and oxygen atoms in total. The summed E-state index contributed by atoms with van der Waals surface area (Å²) in [5, 5.41) is 5.15. The molecule has 0 aliphatic heterocycles. The van der Waals surface area contributed by atoms with Gasteiger partial charge < -0.3 is 9.13 Å². The van der Waals surface area contributed by atoms with Gasteiger partial charge in [0, 0.05) is 39.8 Å². The van der Waals surface area contributed by atoms with Crippen LogP contribution in [0.5, 0.6) is 0 Å². The Bertz CT molecular complexity index is 2110. The van der Waals surface area contributed by atoms with Crippen LogP contribution in [0.4, 0.5) is 0 Å². The summed E-state index contributed by atoms with van der Waals surface area (Å²) in [6.45, 7) is 0.